The molecule has 1 N–H and O–H groups in total. The number of rotatable bonds is 5. The number of amides is 2. The Morgan fingerprint density at radius 2 is 2.00 bits per heavy atom. The molecule has 4 rings (SSSR count). The van der Waals surface area contributed by atoms with E-state index in [4.69, 9.17) is 0 Å². The molecule has 2 aromatic heterocycles. The van der Waals surface area contributed by atoms with Gasteiger partial charge < -0.3 is 10.2 Å². The maximum Gasteiger partial charge on any atom is 0.264 e. The molecule has 2 aliphatic rings. The zero-order chi connectivity index (χ0) is 18.8. The minimum Gasteiger partial charge on any atom is -0.335 e. The Kier molecular flexibility index (Phi) is 5.22. The first-order chi connectivity index (χ1) is 13.1. The van der Waals surface area contributed by atoms with Crippen molar-refractivity contribution in [3.05, 3.63) is 46.6 Å². The van der Waals surface area contributed by atoms with Gasteiger partial charge >= 0.3 is 0 Å². The summed E-state index contributed by atoms with van der Waals surface area (Å²) >= 11 is 1.39. The number of aromatic nitrogens is 1. The van der Waals surface area contributed by atoms with Crippen LogP contribution in [0.4, 0.5) is 5.00 Å². The van der Waals surface area contributed by atoms with Gasteiger partial charge in [-0.25, -0.2) is 0 Å². The quantitative estimate of drug-likeness (QED) is 0.861. The van der Waals surface area contributed by atoms with Gasteiger partial charge in [-0.15, -0.1) is 11.3 Å². The summed E-state index contributed by atoms with van der Waals surface area (Å²) in [5.41, 5.74) is 1.99. The van der Waals surface area contributed by atoms with E-state index in [0.29, 0.717) is 13.1 Å². The molecule has 0 aromatic carbocycles. The van der Waals surface area contributed by atoms with Crippen LogP contribution in [-0.2, 0) is 11.3 Å². The fourth-order valence-corrected chi connectivity index (χ4v) is 4.34. The molecule has 6 nitrogen and oxygen atoms in total. The van der Waals surface area contributed by atoms with Gasteiger partial charge in [-0.2, -0.15) is 0 Å². The predicted octanol–water partition coefficient (Wildman–Crippen LogP) is 2.76. The zero-order valence-corrected chi connectivity index (χ0v) is 16.3. The number of carbonyl (C=O) groups is 2. The van der Waals surface area contributed by atoms with Gasteiger partial charge in [0.05, 0.1) is 15.6 Å². The molecule has 1 saturated heterocycles. The second-order valence-electron chi connectivity index (χ2n) is 7.28. The highest BCUT2D eigenvalue weighted by Crippen LogP contribution is 2.33. The molecule has 7 heteroatoms. The number of nitrogens with zero attached hydrogens (tertiary/aromatic N) is 3. The van der Waals surface area contributed by atoms with Crippen molar-refractivity contribution in [1.82, 2.24) is 14.8 Å². The van der Waals surface area contributed by atoms with Crippen molar-refractivity contribution in [2.75, 3.05) is 31.5 Å². The smallest absolute Gasteiger partial charge is 0.264 e. The van der Waals surface area contributed by atoms with Gasteiger partial charge in [-0.05, 0) is 43.5 Å². The fraction of sp³-hybridized carbons (Fsp3) is 0.450. The Bertz CT molecular complexity index is 824. The lowest BCUT2D eigenvalue weighted by Crippen LogP contribution is -2.48. The number of aryl methyl sites for hydroxylation is 1. The van der Waals surface area contributed by atoms with E-state index in [9.17, 15) is 9.59 Å². The van der Waals surface area contributed by atoms with Crippen LogP contribution in [0.3, 0.4) is 0 Å². The normalized spacial score (nSPS) is 17.7. The van der Waals surface area contributed by atoms with Crippen molar-refractivity contribution in [2.24, 2.45) is 5.92 Å². The van der Waals surface area contributed by atoms with Gasteiger partial charge in [-0.3, -0.25) is 19.5 Å². The van der Waals surface area contributed by atoms with E-state index in [-0.39, 0.29) is 17.7 Å². The molecule has 27 heavy (non-hydrogen) atoms. The third-order valence-electron chi connectivity index (χ3n) is 5.08. The standard InChI is InChI=1S/C20H24N4O2S/c1-14-12-17(22-19(25)15-5-6-15)27-18(14)20(26)24-10-8-23(9-11-24)13-16-4-2-3-7-21-16/h2-4,7,12,15H,5-6,8-11,13H2,1H3,(H,22,25). The monoisotopic (exact) mass is 384 g/mol. The van der Waals surface area contributed by atoms with Gasteiger partial charge in [0.25, 0.3) is 5.91 Å². The lowest BCUT2D eigenvalue weighted by atomic mass is 10.2. The Morgan fingerprint density at radius 3 is 2.67 bits per heavy atom. The average molecular weight is 385 g/mol. The zero-order valence-electron chi connectivity index (χ0n) is 15.5. The molecule has 2 aromatic rings. The fourth-order valence-electron chi connectivity index (χ4n) is 3.30. The molecule has 3 heterocycles. The molecule has 1 saturated carbocycles. The number of thiophene rings is 1. The Balaban J connectivity index is 1.33. The minimum absolute atomic E-state index is 0.0712. The van der Waals surface area contributed by atoms with Crippen molar-refractivity contribution in [1.29, 1.82) is 0 Å². The van der Waals surface area contributed by atoms with Gasteiger partial charge in [0.2, 0.25) is 5.91 Å². The number of pyridine rings is 1. The van der Waals surface area contributed by atoms with E-state index in [2.05, 4.69) is 15.2 Å². The van der Waals surface area contributed by atoms with E-state index < -0.39 is 0 Å². The molecule has 1 aliphatic carbocycles. The first kappa shape index (κ1) is 18.1. The molecular weight excluding hydrogens is 360 g/mol. The van der Waals surface area contributed by atoms with Crippen LogP contribution in [0.25, 0.3) is 0 Å². The summed E-state index contributed by atoms with van der Waals surface area (Å²) in [6.07, 6.45) is 3.77. The number of carbonyl (C=O) groups excluding carboxylic acids is 2. The predicted molar refractivity (Wildman–Crippen MR) is 106 cm³/mol. The van der Waals surface area contributed by atoms with E-state index in [0.717, 1.165) is 53.6 Å². The van der Waals surface area contributed by atoms with Crippen LogP contribution in [0, 0.1) is 12.8 Å². The van der Waals surface area contributed by atoms with Crippen molar-refractivity contribution in [3.8, 4) is 0 Å². The van der Waals surface area contributed by atoms with Gasteiger partial charge in [0, 0.05) is 44.8 Å². The molecule has 2 fully saturated rings. The van der Waals surface area contributed by atoms with Gasteiger partial charge in [0.15, 0.2) is 0 Å². The minimum atomic E-state index is 0.0712. The van der Waals surface area contributed by atoms with Crippen molar-refractivity contribution >= 4 is 28.2 Å². The highest BCUT2D eigenvalue weighted by molar-refractivity contribution is 7.18. The molecule has 142 valence electrons. The Labute approximate surface area is 163 Å². The summed E-state index contributed by atoms with van der Waals surface area (Å²) in [6.45, 7) is 5.88. The third-order valence-corrected chi connectivity index (χ3v) is 6.22. The maximum atomic E-state index is 12.9. The largest absolute Gasteiger partial charge is 0.335 e. The highest BCUT2D eigenvalue weighted by atomic mass is 32.1. The molecule has 0 bridgehead atoms. The van der Waals surface area contributed by atoms with E-state index in [1.165, 1.54) is 11.3 Å². The molecule has 2 amide bonds. The SMILES string of the molecule is Cc1cc(NC(=O)C2CC2)sc1C(=O)N1CCN(Cc2ccccn2)CC1. The van der Waals surface area contributed by atoms with Crippen molar-refractivity contribution in [2.45, 2.75) is 26.3 Å². The van der Waals surface area contributed by atoms with Crippen LogP contribution in [0.2, 0.25) is 0 Å². The second-order valence-corrected chi connectivity index (χ2v) is 8.33. The number of piperazine rings is 1. The number of hydrogen-bond acceptors (Lipinski definition) is 5. The molecular formula is C20H24N4O2S. The summed E-state index contributed by atoms with van der Waals surface area (Å²) in [5, 5.41) is 3.73. The highest BCUT2D eigenvalue weighted by Gasteiger charge is 2.30. The first-order valence-electron chi connectivity index (χ1n) is 9.43. The molecule has 0 atom stereocenters. The Morgan fingerprint density at radius 1 is 1.22 bits per heavy atom. The summed E-state index contributed by atoms with van der Waals surface area (Å²) in [7, 11) is 0. The number of anilines is 1. The summed E-state index contributed by atoms with van der Waals surface area (Å²) in [6, 6.07) is 7.87. The van der Waals surface area contributed by atoms with Crippen LogP contribution in [0.1, 0.15) is 33.8 Å². The Hall–Kier alpha value is -2.25. The number of hydrogen-bond donors (Lipinski definition) is 1. The van der Waals surface area contributed by atoms with Gasteiger partial charge in [-0.1, -0.05) is 6.07 Å². The lowest BCUT2D eigenvalue weighted by molar-refractivity contribution is -0.117. The van der Waals surface area contributed by atoms with Crippen LogP contribution in [0.15, 0.2) is 30.5 Å². The first-order valence-corrected chi connectivity index (χ1v) is 10.2. The summed E-state index contributed by atoms with van der Waals surface area (Å²) < 4.78 is 0. The average Bonchev–Trinajstić information content (AvgIpc) is 3.47. The lowest BCUT2D eigenvalue weighted by Gasteiger charge is -2.34. The second kappa shape index (κ2) is 7.78. The molecule has 1 aliphatic heterocycles. The van der Waals surface area contributed by atoms with Crippen molar-refractivity contribution in [3.63, 3.8) is 0 Å². The molecule has 0 unspecified atom stereocenters. The summed E-state index contributed by atoms with van der Waals surface area (Å²) in [5.74, 6) is 0.319. The van der Waals surface area contributed by atoms with Crippen LogP contribution in [0.5, 0.6) is 0 Å². The van der Waals surface area contributed by atoms with Crippen LogP contribution < -0.4 is 5.32 Å². The molecule has 0 spiro atoms. The van der Waals surface area contributed by atoms with E-state index >= 15 is 0 Å². The van der Waals surface area contributed by atoms with E-state index in [1.54, 1.807) is 0 Å². The maximum absolute atomic E-state index is 12.9. The molecule has 0 radical (unpaired) electrons. The van der Waals surface area contributed by atoms with Crippen molar-refractivity contribution < 1.29 is 9.59 Å². The van der Waals surface area contributed by atoms with Gasteiger partial charge in [0.1, 0.15) is 0 Å². The number of nitrogens with one attached hydrogen (secondary N) is 1. The van der Waals surface area contributed by atoms with Crippen LogP contribution >= 0.6 is 11.3 Å². The summed E-state index contributed by atoms with van der Waals surface area (Å²) in [4.78, 5) is 34.2. The van der Waals surface area contributed by atoms with Crippen LogP contribution in [-0.4, -0.2) is 52.8 Å². The third kappa shape index (κ3) is 4.36. The topological polar surface area (TPSA) is 65.5 Å². The van der Waals surface area contributed by atoms with E-state index in [1.807, 2.05) is 42.3 Å².